The Morgan fingerprint density at radius 2 is 1.80 bits per heavy atom. The Kier molecular flexibility index (Phi) is 7.68. The van der Waals surface area contributed by atoms with Crippen LogP contribution in [0.15, 0.2) is 24.5 Å². The number of hydrogen-bond donors (Lipinski definition) is 0. The maximum Gasteiger partial charge on any atom is 0.0784 e. The van der Waals surface area contributed by atoms with E-state index in [1.807, 2.05) is 6.08 Å². The fourth-order valence-corrected chi connectivity index (χ4v) is 0.641. The lowest BCUT2D eigenvalue weighted by Gasteiger charge is -1.86. The van der Waals surface area contributed by atoms with Gasteiger partial charge in [0.05, 0.1) is 13.4 Å². The molecule has 0 heterocycles. The Morgan fingerprint density at radius 1 is 1.10 bits per heavy atom. The molecule has 0 saturated carbocycles. The number of ether oxygens (including phenoxy) is 1. The van der Waals surface area contributed by atoms with E-state index in [9.17, 15) is 0 Å². The lowest BCUT2D eigenvalue weighted by molar-refractivity contribution is 0.336. The first-order chi connectivity index (χ1) is 4.91. The molecule has 0 aliphatic rings. The van der Waals surface area contributed by atoms with Gasteiger partial charge in [-0.25, -0.2) is 0 Å². The molecule has 0 spiro atoms. The van der Waals surface area contributed by atoms with E-state index in [2.05, 4.69) is 19.1 Å². The van der Waals surface area contributed by atoms with Crippen molar-refractivity contribution in [2.24, 2.45) is 0 Å². The standard InChI is InChI=1S/C9H16O/c1-3-4-5-6-7-8-9-10-2/h4-5,8-9H,3,6-7H2,1-2H3. The zero-order valence-electron chi connectivity index (χ0n) is 6.84. The van der Waals surface area contributed by atoms with E-state index in [1.165, 1.54) is 0 Å². The lowest BCUT2D eigenvalue weighted by atomic mass is 10.3. The second-order valence-corrected chi connectivity index (χ2v) is 2.06. The Bertz CT molecular complexity index is 89.3. The zero-order valence-corrected chi connectivity index (χ0v) is 6.84. The van der Waals surface area contributed by atoms with E-state index in [4.69, 9.17) is 4.74 Å². The summed E-state index contributed by atoms with van der Waals surface area (Å²) in [7, 11) is 1.67. The van der Waals surface area contributed by atoms with Crippen molar-refractivity contribution in [3.8, 4) is 0 Å². The minimum Gasteiger partial charge on any atom is -0.505 e. The van der Waals surface area contributed by atoms with E-state index < -0.39 is 0 Å². The molecule has 0 N–H and O–H groups in total. The number of unbranched alkanes of at least 4 members (excludes halogenated alkanes) is 1. The van der Waals surface area contributed by atoms with Crippen LogP contribution < -0.4 is 0 Å². The SMILES string of the molecule is CCC=CCCC=COC. The van der Waals surface area contributed by atoms with E-state index in [-0.39, 0.29) is 0 Å². The molecular formula is C9H16O. The Balaban J connectivity index is 3.04. The summed E-state index contributed by atoms with van der Waals surface area (Å²) < 4.78 is 4.74. The quantitative estimate of drug-likeness (QED) is 0.324. The second-order valence-electron chi connectivity index (χ2n) is 2.06. The van der Waals surface area contributed by atoms with Gasteiger partial charge in [0.15, 0.2) is 0 Å². The van der Waals surface area contributed by atoms with Gasteiger partial charge >= 0.3 is 0 Å². The number of methoxy groups -OCH3 is 1. The largest absolute Gasteiger partial charge is 0.505 e. The van der Waals surface area contributed by atoms with Crippen molar-refractivity contribution in [1.29, 1.82) is 0 Å². The highest BCUT2D eigenvalue weighted by Gasteiger charge is 1.74. The van der Waals surface area contributed by atoms with Gasteiger partial charge in [-0.1, -0.05) is 19.1 Å². The van der Waals surface area contributed by atoms with Crippen LogP contribution in [0.25, 0.3) is 0 Å². The molecule has 0 saturated heterocycles. The van der Waals surface area contributed by atoms with Gasteiger partial charge in [-0.2, -0.15) is 0 Å². The molecule has 0 aliphatic heterocycles. The summed E-state index contributed by atoms with van der Waals surface area (Å²) >= 11 is 0. The number of hydrogen-bond acceptors (Lipinski definition) is 1. The van der Waals surface area contributed by atoms with Crippen molar-refractivity contribution < 1.29 is 4.74 Å². The van der Waals surface area contributed by atoms with Crippen LogP contribution in [0.4, 0.5) is 0 Å². The Morgan fingerprint density at radius 3 is 2.40 bits per heavy atom. The van der Waals surface area contributed by atoms with E-state index in [1.54, 1.807) is 13.4 Å². The molecule has 0 radical (unpaired) electrons. The van der Waals surface area contributed by atoms with Crippen molar-refractivity contribution in [3.05, 3.63) is 24.5 Å². The lowest BCUT2D eigenvalue weighted by Crippen LogP contribution is -1.67. The summed E-state index contributed by atoms with van der Waals surface area (Å²) in [5.41, 5.74) is 0. The van der Waals surface area contributed by atoms with Gasteiger partial charge < -0.3 is 4.74 Å². The van der Waals surface area contributed by atoms with Crippen molar-refractivity contribution in [3.63, 3.8) is 0 Å². The first-order valence-corrected chi connectivity index (χ1v) is 3.74. The van der Waals surface area contributed by atoms with Crippen LogP contribution in [0.5, 0.6) is 0 Å². The predicted molar refractivity (Wildman–Crippen MR) is 44.8 cm³/mol. The van der Waals surface area contributed by atoms with E-state index in [0.717, 1.165) is 19.3 Å². The van der Waals surface area contributed by atoms with Crippen LogP contribution >= 0.6 is 0 Å². The van der Waals surface area contributed by atoms with Gasteiger partial charge in [0.1, 0.15) is 0 Å². The maximum atomic E-state index is 4.74. The molecule has 1 heteroatoms. The molecule has 0 aromatic rings. The van der Waals surface area contributed by atoms with Crippen LogP contribution in [0.1, 0.15) is 26.2 Å². The van der Waals surface area contributed by atoms with Crippen LogP contribution in [-0.4, -0.2) is 7.11 Å². The van der Waals surface area contributed by atoms with Crippen molar-refractivity contribution in [2.75, 3.05) is 7.11 Å². The molecule has 0 rings (SSSR count). The summed E-state index contributed by atoms with van der Waals surface area (Å²) in [6, 6.07) is 0. The van der Waals surface area contributed by atoms with Crippen molar-refractivity contribution >= 4 is 0 Å². The Hall–Kier alpha value is -0.720. The molecule has 0 atom stereocenters. The molecule has 0 bridgehead atoms. The third-order valence-corrected chi connectivity index (χ3v) is 1.13. The van der Waals surface area contributed by atoms with Gasteiger partial charge in [-0.15, -0.1) is 0 Å². The summed E-state index contributed by atoms with van der Waals surface area (Å²) in [5, 5.41) is 0. The normalized spacial score (nSPS) is 11.4. The number of rotatable bonds is 5. The van der Waals surface area contributed by atoms with Gasteiger partial charge in [0.2, 0.25) is 0 Å². The minimum absolute atomic E-state index is 1.07. The first kappa shape index (κ1) is 9.28. The fraction of sp³-hybridized carbons (Fsp3) is 0.556. The van der Waals surface area contributed by atoms with Crippen molar-refractivity contribution in [1.82, 2.24) is 0 Å². The third-order valence-electron chi connectivity index (χ3n) is 1.13. The van der Waals surface area contributed by atoms with Crippen LogP contribution in [0.3, 0.4) is 0 Å². The molecule has 10 heavy (non-hydrogen) atoms. The Labute approximate surface area is 63.4 Å². The average molecular weight is 140 g/mol. The molecule has 0 unspecified atom stereocenters. The van der Waals surface area contributed by atoms with Crippen LogP contribution in [0, 0.1) is 0 Å². The summed E-state index contributed by atoms with van der Waals surface area (Å²) in [5.74, 6) is 0. The third kappa shape index (κ3) is 7.28. The van der Waals surface area contributed by atoms with Gasteiger partial charge in [-0.05, 0) is 25.3 Å². The molecule has 58 valence electrons. The minimum atomic E-state index is 1.07. The first-order valence-electron chi connectivity index (χ1n) is 3.74. The highest BCUT2D eigenvalue weighted by molar-refractivity contribution is 4.84. The van der Waals surface area contributed by atoms with Gasteiger partial charge in [0, 0.05) is 0 Å². The monoisotopic (exact) mass is 140 g/mol. The summed E-state index contributed by atoms with van der Waals surface area (Å²) in [4.78, 5) is 0. The van der Waals surface area contributed by atoms with E-state index >= 15 is 0 Å². The molecule has 0 amide bonds. The van der Waals surface area contributed by atoms with Crippen LogP contribution in [-0.2, 0) is 4.74 Å². The predicted octanol–water partition coefficient (Wildman–Crippen LogP) is 2.89. The molecule has 0 aliphatic carbocycles. The van der Waals surface area contributed by atoms with E-state index in [0.29, 0.717) is 0 Å². The maximum absolute atomic E-state index is 4.74. The van der Waals surface area contributed by atoms with Crippen LogP contribution in [0.2, 0.25) is 0 Å². The highest BCUT2D eigenvalue weighted by Crippen LogP contribution is 1.93. The molecule has 0 fully saturated rings. The molecule has 0 aromatic heterocycles. The van der Waals surface area contributed by atoms with Crippen molar-refractivity contribution in [2.45, 2.75) is 26.2 Å². The highest BCUT2D eigenvalue weighted by atomic mass is 16.5. The summed E-state index contributed by atoms with van der Waals surface area (Å²) in [6.07, 6.45) is 11.5. The zero-order chi connectivity index (χ0) is 7.66. The van der Waals surface area contributed by atoms with Gasteiger partial charge in [-0.3, -0.25) is 0 Å². The van der Waals surface area contributed by atoms with Gasteiger partial charge in [0.25, 0.3) is 0 Å². The second kappa shape index (κ2) is 8.28. The topological polar surface area (TPSA) is 9.23 Å². The number of allylic oxidation sites excluding steroid dienone is 3. The summed E-state index contributed by atoms with van der Waals surface area (Å²) in [6.45, 7) is 2.14. The molecular weight excluding hydrogens is 124 g/mol. The smallest absolute Gasteiger partial charge is 0.0784 e. The molecule has 0 aromatic carbocycles. The average Bonchev–Trinajstić information content (AvgIpc) is 1.97. The molecule has 1 nitrogen and oxygen atoms in total. The fourth-order valence-electron chi connectivity index (χ4n) is 0.641.